The highest BCUT2D eigenvalue weighted by Crippen LogP contribution is 2.12. The maximum absolute atomic E-state index is 12.8. The van der Waals surface area contributed by atoms with Gasteiger partial charge in [0.1, 0.15) is 23.9 Å². The van der Waals surface area contributed by atoms with Crippen molar-refractivity contribution in [1.29, 1.82) is 0 Å². The van der Waals surface area contributed by atoms with Crippen LogP contribution in [0.5, 0.6) is 11.5 Å². The molecule has 1 aliphatic heterocycles. The van der Waals surface area contributed by atoms with Gasteiger partial charge in [-0.15, -0.1) is 0 Å². The molecule has 2 aromatic rings. The van der Waals surface area contributed by atoms with Crippen molar-refractivity contribution >= 4 is 0 Å². The zero-order valence-electron chi connectivity index (χ0n) is 14.4. The SMILES string of the molecule is Oc1ccc(CCN2CCN(CCOc3ccc(F)cc3)CC2)cc1. The molecule has 0 bridgehead atoms. The van der Waals surface area contributed by atoms with Gasteiger partial charge in [0.15, 0.2) is 0 Å². The first-order valence-electron chi connectivity index (χ1n) is 8.80. The van der Waals surface area contributed by atoms with Gasteiger partial charge in [-0.25, -0.2) is 4.39 Å². The lowest BCUT2D eigenvalue weighted by molar-refractivity contribution is 0.118. The van der Waals surface area contributed by atoms with Crippen molar-refractivity contribution in [2.45, 2.75) is 6.42 Å². The van der Waals surface area contributed by atoms with Crippen LogP contribution in [0.25, 0.3) is 0 Å². The van der Waals surface area contributed by atoms with Crippen LogP contribution in [0, 0.1) is 5.82 Å². The van der Waals surface area contributed by atoms with E-state index in [0.29, 0.717) is 18.1 Å². The molecule has 1 N–H and O–H groups in total. The second kappa shape index (κ2) is 8.83. The molecule has 0 atom stereocenters. The molecular weight excluding hydrogens is 319 g/mol. The summed E-state index contributed by atoms with van der Waals surface area (Å²) in [5.74, 6) is 0.796. The highest BCUT2D eigenvalue weighted by atomic mass is 19.1. The molecule has 3 rings (SSSR count). The predicted octanol–water partition coefficient (Wildman–Crippen LogP) is 2.77. The lowest BCUT2D eigenvalue weighted by Gasteiger charge is -2.34. The number of ether oxygens (including phenoxy) is 1. The van der Waals surface area contributed by atoms with Gasteiger partial charge in [0.2, 0.25) is 0 Å². The van der Waals surface area contributed by atoms with E-state index in [1.165, 1.54) is 17.7 Å². The molecule has 0 saturated carbocycles. The van der Waals surface area contributed by atoms with Crippen molar-refractivity contribution < 1.29 is 14.2 Å². The van der Waals surface area contributed by atoms with Crippen molar-refractivity contribution in [3.05, 3.63) is 59.9 Å². The van der Waals surface area contributed by atoms with Crippen LogP contribution in [-0.2, 0) is 6.42 Å². The molecule has 134 valence electrons. The number of hydrogen-bond acceptors (Lipinski definition) is 4. The topological polar surface area (TPSA) is 35.9 Å². The fraction of sp³-hybridized carbons (Fsp3) is 0.400. The number of halogens is 1. The fourth-order valence-corrected chi connectivity index (χ4v) is 3.01. The van der Waals surface area contributed by atoms with Gasteiger partial charge in [-0.3, -0.25) is 4.90 Å². The van der Waals surface area contributed by atoms with Crippen molar-refractivity contribution in [3.8, 4) is 11.5 Å². The third kappa shape index (κ3) is 5.73. The van der Waals surface area contributed by atoms with E-state index in [9.17, 15) is 9.50 Å². The molecule has 1 aliphatic rings. The largest absolute Gasteiger partial charge is 0.508 e. The number of rotatable bonds is 7. The zero-order valence-corrected chi connectivity index (χ0v) is 14.4. The standard InChI is InChI=1S/C20H25FN2O2/c21-18-3-7-20(8-4-18)25-16-15-23-13-11-22(12-14-23)10-9-17-1-5-19(24)6-2-17/h1-8,24H,9-16H2. The van der Waals surface area contributed by atoms with E-state index in [1.807, 2.05) is 12.1 Å². The quantitative estimate of drug-likeness (QED) is 0.838. The van der Waals surface area contributed by atoms with Gasteiger partial charge in [-0.2, -0.15) is 0 Å². The van der Waals surface area contributed by atoms with Crippen LogP contribution in [0.15, 0.2) is 48.5 Å². The summed E-state index contributed by atoms with van der Waals surface area (Å²) >= 11 is 0. The summed E-state index contributed by atoms with van der Waals surface area (Å²) in [6.07, 6.45) is 1.01. The highest BCUT2D eigenvalue weighted by Gasteiger charge is 2.16. The number of phenolic OH excluding ortho intramolecular Hbond substituents is 1. The normalized spacial score (nSPS) is 16.0. The Morgan fingerprint density at radius 1 is 0.840 bits per heavy atom. The van der Waals surface area contributed by atoms with Crippen LogP contribution in [0.2, 0.25) is 0 Å². The van der Waals surface area contributed by atoms with Crippen molar-refractivity contribution in [3.63, 3.8) is 0 Å². The van der Waals surface area contributed by atoms with Gasteiger partial charge in [0.25, 0.3) is 0 Å². The van der Waals surface area contributed by atoms with Gasteiger partial charge in [0.05, 0.1) is 0 Å². The average Bonchev–Trinajstić information content (AvgIpc) is 2.64. The Bertz CT molecular complexity index is 638. The Hall–Kier alpha value is -2.11. The maximum Gasteiger partial charge on any atom is 0.123 e. The number of hydrogen-bond donors (Lipinski definition) is 1. The van der Waals surface area contributed by atoms with E-state index >= 15 is 0 Å². The lowest BCUT2D eigenvalue weighted by atomic mass is 10.1. The summed E-state index contributed by atoms with van der Waals surface area (Å²) < 4.78 is 18.5. The Morgan fingerprint density at radius 2 is 1.44 bits per heavy atom. The van der Waals surface area contributed by atoms with E-state index in [2.05, 4.69) is 9.80 Å². The van der Waals surface area contributed by atoms with Gasteiger partial charge < -0.3 is 14.7 Å². The Morgan fingerprint density at radius 3 is 2.08 bits per heavy atom. The molecule has 25 heavy (non-hydrogen) atoms. The highest BCUT2D eigenvalue weighted by molar-refractivity contribution is 5.26. The van der Waals surface area contributed by atoms with Crippen LogP contribution in [0.1, 0.15) is 5.56 Å². The van der Waals surface area contributed by atoms with Crippen LogP contribution >= 0.6 is 0 Å². The van der Waals surface area contributed by atoms with E-state index in [-0.39, 0.29) is 5.82 Å². The first-order chi connectivity index (χ1) is 12.2. The van der Waals surface area contributed by atoms with Crippen molar-refractivity contribution in [2.24, 2.45) is 0 Å². The smallest absolute Gasteiger partial charge is 0.123 e. The third-order valence-electron chi connectivity index (χ3n) is 4.61. The van der Waals surface area contributed by atoms with Gasteiger partial charge >= 0.3 is 0 Å². The van der Waals surface area contributed by atoms with Gasteiger partial charge in [-0.1, -0.05) is 12.1 Å². The molecule has 0 aromatic heterocycles. The molecule has 0 aliphatic carbocycles. The van der Waals surface area contributed by atoms with Crippen molar-refractivity contribution in [2.75, 3.05) is 45.9 Å². The van der Waals surface area contributed by atoms with Crippen LogP contribution in [0.4, 0.5) is 4.39 Å². The first-order valence-corrected chi connectivity index (χ1v) is 8.80. The second-order valence-corrected chi connectivity index (χ2v) is 6.40. The monoisotopic (exact) mass is 344 g/mol. The Kier molecular flexibility index (Phi) is 6.25. The number of piperazine rings is 1. The molecule has 0 unspecified atom stereocenters. The van der Waals surface area contributed by atoms with E-state index < -0.39 is 0 Å². The van der Waals surface area contributed by atoms with Gasteiger partial charge in [0, 0.05) is 39.3 Å². The minimum Gasteiger partial charge on any atom is -0.508 e. The molecule has 2 aromatic carbocycles. The van der Waals surface area contributed by atoms with Crippen LogP contribution < -0.4 is 4.74 Å². The number of nitrogens with zero attached hydrogens (tertiary/aromatic N) is 2. The molecule has 1 fully saturated rings. The third-order valence-corrected chi connectivity index (χ3v) is 4.61. The second-order valence-electron chi connectivity index (χ2n) is 6.40. The molecule has 0 spiro atoms. The molecule has 1 heterocycles. The summed E-state index contributed by atoms with van der Waals surface area (Å²) in [5.41, 5.74) is 1.26. The minimum atomic E-state index is -0.240. The van der Waals surface area contributed by atoms with E-state index in [4.69, 9.17) is 4.74 Å². The van der Waals surface area contributed by atoms with Gasteiger partial charge in [-0.05, 0) is 48.4 Å². The average molecular weight is 344 g/mol. The number of benzene rings is 2. The molecule has 0 radical (unpaired) electrons. The summed E-state index contributed by atoms with van der Waals surface area (Å²) in [4.78, 5) is 4.88. The predicted molar refractivity (Wildman–Crippen MR) is 96.6 cm³/mol. The zero-order chi connectivity index (χ0) is 17.5. The fourth-order valence-electron chi connectivity index (χ4n) is 3.01. The number of aromatic hydroxyl groups is 1. The van der Waals surface area contributed by atoms with Crippen LogP contribution in [0.3, 0.4) is 0 Å². The van der Waals surface area contributed by atoms with E-state index in [0.717, 1.165) is 45.7 Å². The van der Waals surface area contributed by atoms with Crippen molar-refractivity contribution in [1.82, 2.24) is 9.80 Å². The molecular formula is C20H25FN2O2. The number of phenols is 1. The Labute approximate surface area is 148 Å². The maximum atomic E-state index is 12.8. The minimum absolute atomic E-state index is 0.240. The molecule has 0 amide bonds. The summed E-state index contributed by atoms with van der Waals surface area (Å²) in [5, 5.41) is 9.32. The molecule has 4 nitrogen and oxygen atoms in total. The summed E-state index contributed by atoms with van der Waals surface area (Å²) in [6.45, 7) is 6.78. The molecule has 5 heteroatoms. The molecule has 1 saturated heterocycles. The summed E-state index contributed by atoms with van der Waals surface area (Å²) in [7, 11) is 0. The van der Waals surface area contributed by atoms with Crippen LogP contribution in [-0.4, -0.2) is 60.8 Å². The Balaban J connectivity index is 1.31. The summed E-state index contributed by atoms with van der Waals surface area (Å²) in [6, 6.07) is 13.6. The van der Waals surface area contributed by atoms with E-state index in [1.54, 1.807) is 24.3 Å². The first kappa shape index (κ1) is 17.7. The lowest BCUT2D eigenvalue weighted by Crippen LogP contribution is -2.47.